The summed E-state index contributed by atoms with van der Waals surface area (Å²) < 4.78 is 38.9. The molecular weight excluding hydrogens is 344 g/mol. The number of hydrogen-bond donors (Lipinski definition) is 1. The molecule has 0 bridgehead atoms. The standard InChI is InChI=1S/C14H22N2O5S.ClH/c1-19-12-5-4-11(13(20-2)14(12)21-3)10-15-16-6-8-22(17,18)9-7-16;/h4-5,15H,6-10H2,1-3H3;1H. The smallest absolute Gasteiger partial charge is 0.203 e. The van der Waals surface area contributed by atoms with E-state index in [0.29, 0.717) is 36.9 Å². The van der Waals surface area contributed by atoms with Gasteiger partial charge in [-0.05, 0) is 12.1 Å². The number of rotatable bonds is 6. The highest BCUT2D eigenvalue weighted by molar-refractivity contribution is 7.91. The van der Waals surface area contributed by atoms with Crippen LogP contribution < -0.4 is 32.0 Å². The highest BCUT2D eigenvalue weighted by Crippen LogP contribution is 2.39. The number of nitrogens with zero attached hydrogens (tertiary/aromatic N) is 1. The predicted octanol–water partition coefficient (Wildman–Crippen LogP) is -3.57. The van der Waals surface area contributed by atoms with E-state index < -0.39 is 9.84 Å². The molecule has 1 aliphatic heterocycles. The van der Waals surface area contributed by atoms with Gasteiger partial charge in [-0.2, -0.15) is 5.01 Å². The van der Waals surface area contributed by atoms with Crippen LogP contribution in [0.25, 0.3) is 0 Å². The molecule has 9 heteroatoms. The van der Waals surface area contributed by atoms with Gasteiger partial charge in [-0.1, -0.05) is 0 Å². The summed E-state index contributed by atoms with van der Waals surface area (Å²) in [6.45, 7) is 1.72. The Morgan fingerprint density at radius 1 is 1.04 bits per heavy atom. The Balaban J connectivity index is 0.00000264. The fourth-order valence-corrected chi connectivity index (χ4v) is 3.69. The van der Waals surface area contributed by atoms with Crippen LogP contribution in [0.4, 0.5) is 0 Å². The van der Waals surface area contributed by atoms with Crippen molar-refractivity contribution < 1.29 is 40.5 Å². The summed E-state index contributed by atoms with van der Waals surface area (Å²) in [4.78, 5) is 0. The molecule has 0 amide bonds. The zero-order valence-electron chi connectivity index (χ0n) is 13.5. The maximum Gasteiger partial charge on any atom is 0.203 e. The molecule has 0 unspecified atom stereocenters. The average Bonchev–Trinajstić information content (AvgIpc) is 2.52. The SMILES string of the molecule is COc1ccc(C[NH2+]N2CCS(=O)(=O)CC2)c(OC)c1OC.[Cl-]. The van der Waals surface area contributed by atoms with Gasteiger partial charge < -0.3 is 26.6 Å². The van der Waals surface area contributed by atoms with Crippen molar-refractivity contribution >= 4 is 9.84 Å². The summed E-state index contributed by atoms with van der Waals surface area (Å²) in [5.41, 5.74) is 2.98. The number of hydrogen-bond acceptors (Lipinski definition) is 6. The maximum absolute atomic E-state index is 11.4. The van der Waals surface area contributed by atoms with Crippen molar-refractivity contribution in [3.05, 3.63) is 17.7 Å². The van der Waals surface area contributed by atoms with Gasteiger partial charge in [0.15, 0.2) is 21.3 Å². The molecule has 0 aliphatic carbocycles. The zero-order chi connectivity index (χ0) is 16.2. The van der Waals surface area contributed by atoms with E-state index in [9.17, 15) is 8.42 Å². The lowest BCUT2D eigenvalue weighted by molar-refractivity contribution is -0.816. The largest absolute Gasteiger partial charge is 1.00 e. The van der Waals surface area contributed by atoms with E-state index in [2.05, 4.69) is 0 Å². The minimum Gasteiger partial charge on any atom is -1.00 e. The summed E-state index contributed by atoms with van der Waals surface area (Å²) in [7, 11) is 1.89. The van der Waals surface area contributed by atoms with Crippen molar-refractivity contribution in [1.29, 1.82) is 0 Å². The van der Waals surface area contributed by atoms with E-state index in [1.165, 1.54) is 0 Å². The Hall–Kier alpha value is -1.22. The van der Waals surface area contributed by atoms with Gasteiger partial charge >= 0.3 is 0 Å². The molecule has 132 valence electrons. The zero-order valence-corrected chi connectivity index (χ0v) is 15.1. The van der Waals surface area contributed by atoms with Crippen molar-refractivity contribution in [2.24, 2.45) is 0 Å². The molecule has 7 nitrogen and oxygen atoms in total. The quantitative estimate of drug-likeness (QED) is 0.524. The van der Waals surface area contributed by atoms with Gasteiger partial charge in [0, 0.05) is 0 Å². The van der Waals surface area contributed by atoms with Crippen LogP contribution in [0, 0.1) is 0 Å². The minimum absolute atomic E-state index is 0. The highest BCUT2D eigenvalue weighted by atomic mass is 35.5. The lowest BCUT2D eigenvalue weighted by Crippen LogP contribution is -3.00. The van der Waals surface area contributed by atoms with Gasteiger partial charge in [0.2, 0.25) is 5.75 Å². The summed E-state index contributed by atoms with van der Waals surface area (Å²) in [6.07, 6.45) is 0. The Kier molecular flexibility index (Phi) is 7.40. The lowest BCUT2D eigenvalue weighted by atomic mass is 10.1. The summed E-state index contributed by atoms with van der Waals surface area (Å²) >= 11 is 0. The van der Waals surface area contributed by atoms with E-state index in [-0.39, 0.29) is 23.9 Å². The molecule has 2 rings (SSSR count). The molecule has 2 N–H and O–H groups in total. The van der Waals surface area contributed by atoms with Gasteiger partial charge in [0.05, 0.1) is 51.5 Å². The molecule has 1 saturated heterocycles. The van der Waals surface area contributed by atoms with Crippen LogP contribution in [-0.2, 0) is 16.4 Å². The molecule has 0 saturated carbocycles. The van der Waals surface area contributed by atoms with E-state index in [1.807, 2.05) is 22.6 Å². The monoisotopic (exact) mass is 366 g/mol. The van der Waals surface area contributed by atoms with Crippen LogP contribution in [0.2, 0.25) is 0 Å². The molecule has 23 heavy (non-hydrogen) atoms. The molecule has 1 heterocycles. The van der Waals surface area contributed by atoms with Crippen molar-refractivity contribution in [2.45, 2.75) is 6.54 Å². The molecule has 0 spiro atoms. The Morgan fingerprint density at radius 2 is 1.65 bits per heavy atom. The number of methoxy groups -OCH3 is 3. The molecular formula is C14H23ClN2O5S. The molecule has 0 atom stereocenters. The van der Waals surface area contributed by atoms with Crippen LogP contribution in [0.15, 0.2) is 12.1 Å². The number of sulfone groups is 1. The fourth-order valence-electron chi connectivity index (χ4n) is 2.46. The lowest BCUT2D eigenvalue weighted by Gasteiger charge is -2.24. The van der Waals surface area contributed by atoms with Gasteiger partial charge in [-0.25, -0.2) is 8.42 Å². The molecule has 0 aromatic heterocycles. The third-order valence-electron chi connectivity index (χ3n) is 3.73. The first-order valence-corrected chi connectivity index (χ1v) is 8.88. The van der Waals surface area contributed by atoms with Crippen molar-refractivity contribution in [1.82, 2.24) is 5.01 Å². The molecule has 0 radical (unpaired) electrons. The fraction of sp³-hybridized carbons (Fsp3) is 0.571. The predicted molar refractivity (Wildman–Crippen MR) is 82.0 cm³/mol. The summed E-state index contributed by atoms with van der Waals surface area (Å²) in [5.74, 6) is 2.26. The second-order valence-corrected chi connectivity index (χ2v) is 7.37. The van der Waals surface area contributed by atoms with Crippen molar-refractivity contribution in [3.8, 4) is 17.2 Å². The minimum atomic E-state index is -2.85. The summed E-state index contributed by atoms with van der Waals surface area (Å²) in [6, 6.07) is 3.77. The normalized spacial score (nSPS) is 17.2. The number of benzene rings is 1. The molecule has 1 fully saturated rings. The summed E-state index contributed by atoms with van der Waals surface area (Å²) in [5, 5.41) is 2.04. The first-order chi connectivity index (χ1) is 10.5. The van der Waals surface area contributed by atoms with E-state index in [0.717, 1.165) is 5.56 Å². The van der Waals surface area contributed by atoms with Crippen LogP contribution in [0.1, 0.15) is 5.56 Å². The molecule has 1 aliphatic rings. The van der Waals surface area contributed by atoms with Crippen LogP contribution >= 0.6 is 0 Å². The Labute approximate surface area is 143 Å². The first-order valence-electron chi connectivity index (χ1n) is 7.06. The first kappa shape index (κ1) is 19.8. The van der Waals surface area contributed by atoms with Gasteiger partial charge in [-0.15, -0.1) is 0 Å². The topological polar surface area (TPSA) is 81.7 Å². The van der Waals surface area contributed by atoms with Crippen molar-refractivity contribution in [3.63, 3.8) is 0 Å². The number of halogens is 1. The van der Waals surface area contributed by atoms with Crippen LogP contribution in [0.5, 0.6) is 17.2 Å². The molecule has 1 aromatic carbocycles. The maximum atomic E-state index is 11.4. The van der Waals surface area contributed by atoms with E-state index in [4.69, 9.17) is 14.2 Å². The van der Waals surface area contributed by atoms with Gasteiger partial charge in [-0.3, -0.25) is 5.43 Å². The highest BCUT2D eigenvalue weighted by Gasteiger charge is 2.24. The third kappa shape index (κ3) is 4.87. The average molecular weight is 367 g/mol. The number of quaternary nitrogens is 1. The van der Waals surface area contributed by atoms with E-state index >= 15 is 0 Å². The number of nitrogens with two attached hydrogens (primary N) is 1. The Morgan fingerprint density at radius 3 is 2.17 bits per heavy atom. The van der Waals surface area contributed by atoms with Crippen LogP contribution in [-0.4, -0.2) is 59.4 Å². The van der Waals surface area contributed by atoms with Gasteiger partial charge in [0.25, 0.3) is 0 Å². The molecule has 1 aromatic rings. The number of ether oxygens (including phenoxy) is 3. The second kappa shape index (κ2) is 8.58. The van der Waals surface area contributed by atoms with Crippen molar-refractivity contribution in [2.75, 3.05) is 45.9 Å². The third-order valence-corrected chi connectivity index (χ3v) is 5.34. The Bertz CT molecular complexity index is 610. The van der Waals surface area contributed by atoms with E-state index in [1.54, 1.807) is 21.3 Å². The van der Waals surface area contributed by atoms with Crippen LogP contribution in [0.3, 0.4) is 0 Å². The second-order valence-electron chi connectivity index (χ2n) is 5.07. The van der Waals surface area contributed by atoms with Gasteiger partial charge in [0.1, 0.15) is 6.54 Å².